The molecule has 0 aliphatic heterocycles. The first kappa shape index (κ1) is 15.7. The second-order valence-electron chi connectivity index (χ2n) is 5.16. The van der Waals surface area contributed by atoms with Crippen LogP contribution in [-0.4, -0.2) is 23.2 Å². The van der Waals surface area contributed by atoms with E-state index in [-0.39, 0.29) is 11.6 Å². The highest BCUT2D eigenvalue weighted by atomic mass is 16.5. The van der Waals surface area contributed by atoms with Crippen molar-refractivity contribution in [2.75, 3.05) is 7.11 Å². The molecule has 0 fully saturated rings. The number of methoxy groups -OCH3 is 1. The number of hydrogen-bond donors (Lipinski definition) is 1. The van der Waals surface area contributed by atoms with Crippen LogP contribution < -0.4 is 10.1 Å². The maximum Gasteiger partial charge on any atom is 0.272 e. The van der Waals surface area contributed by atoms with Gasteiger partial charge in [-0.25, -0.2) is 0 Å². The van der Waals surface area contributed by atoms with Crippen molar-refractivity contribution in [1.29, 1.82) is 0 Å². The van der Waals surface area contributed by atoms with Gasteiger partial charge in [0.2, 0.25) is 0 Å². The minimum atomic E-state index is -0.270. The molecule has 0 radical (unpaired) electrons. The first-order chi connectivity index (χ1) is 11.8. The lowest BCUT2D eigenvalue weighted by Gasteiger charge is -2.09. The predicted molar refractivity (Wildman–Crippen MR) is 91.6 cm³/mol. The maximum atomic E-state index is 12.2. The van der Waals surface area contributed by atoms with Crippen LogP contribution >= 0.6 is 0 Å². The number of benzene rings is 2. The van der Waals surface area contributed by atoms with Crippen molar-refractivity contribution in [3.63, 3.8) is 0 Å². The zero-order valence-electron chi connectivity index (χ0n) is 13.3. The molecule has 5 nitrogen and oxygen atoms in total. The topological polar surface area (TPSA) is 64.1 Å². The molecule has 2 aromatic carbocycles. The molecule has 1 amide bonds. The Bertz CT molecular complexity index is 818. The van der Waals surface area contributed by atoms with Gasteiger partial charge in [-0.05, 0) is 18.2 Å². The van der Waals surface area contributed by atoms with Gasteiger partial charge in [0, 0.05) is 17.7 Å². The van der Waals surface area contributed by atoms with E-state index in [2.05, 4.69) is 15.5 Å². The molecule has 3 rings (SSSR count). The lowest BCUT2D eigenvalue weighted by molar-refractivity contribution is 0.0944. The van der Waals surface area contributed by atoms with Gasteiger partial charge < -0.3 is 10.1 Å². The third kappa shape index (κ3) is 3.57. The standard InChI is InChI=1S/C19H17N3O2/c1-24-18-10-6-5-9-15(18)13-20-19(23)17-12-11-16(21-22-17)14-7-3-2-4-8-14/h2-12H,13H2,1H3,(H,20,23). The molecular weight excluding hydrogens is 302 g/mol. The number of hydrogen-bond acceptors (Lipinski definition) is 4. The van der Waals surface area contributed by atoms with Crippen molar-refractivity contribution in [2.24, 2.45) is 0 Å². The Morgan fingerprint density at radius 1 is 0.958 bits per heavy atom. The van der Waals surface area contributed by atoms with E-state index >= 15 is 0 Å². The van der Waals surface area contributed by atoms with Crippen LogP contribution in [-0.2, 0) is 6.54 Å². The van der Waals surface area contributed by atoms with Crippen molar-refractivity contribution in [1.82, 2.24) is 15.5 Å². The van der Waals surface area contributed by atoms with Crippen LogP contribution in [0.1, 0.15) is 16.1 Å². The normalized spacial score (nSPS) is 10.2. The predicted octanol–water partition coefficient (Wildman–Crippen LogP) is 3.08. The van der Waals surface area contributed by atoms with Crippen LogP contribution in [0, 0.1) is 0 Å². The molecule has 1 N–H and O–H groups in total. The van der Waals surface area contributed by atoms with Crippen molar-refractivity contribution < 1.29 is 9.53 Å². The highest BCUT2D eigenvalue weighted by molar-refractivity contribution is 5.92. The minimum absolute atomic E-state index is 0.270. The van der Waals surface area contributed by atoms with Crippen LogP contribution in [0.4, 0.5) is 0 Å². The van der Waals surface area contributed by atoms with Gasteiger partial charge in [-0.2, -0.15) is 0 Å². The number of rotatable bonds is 5. The van der Waals surface area contributed by atoms with E-state index < -0.39 is 0 Å². The smallest absolute Gasteiger partial charge is 0.272 e. The quantitative estimate of drug-likeness (QED) is 0.785. The van der Waals surface area contributed by atoms with Gasteiger partial charge in [0.05, 0.1) is 12.8 Å². The molecule has 0 unspecified atom stereocenters. The third-order valence-electron chi connectivity index (χ3n) is 3.60. The third-order valence-corrected chi connectivity index (χ3v) is 3.60. The molecule has 0 spiro atoms. The summed E-state index contributed by atoms with van der Waals surface area (Å²) < 4.78 is 5.27. The van der Waals surface area contributed by atoms with E-state index in [1.165, 1.54) is 0 Å². The van der Waals surface area contributed by atoms with Gasteiger partial charge in [-0.3, -0.25) is 4.79 Å². The summed E-state index contributed by atoms with van der Waals surface area (Å²) in [5.41, 5.74) is 2.88. The Balaban J connectivity index is 1.67. The number of nitrogens with zero attached hydrogens (tertiary/aromatic N) is 2. The number of carbonyl (C=O) groups is 1. The highest BCUT2D eigenvalue weighted by Gasteiger charge is 2.10. The zero-order chi connectivity index (χ0) is 16.8. The van der Waals surface area contributed by atoms with Gasteiger partial charge in [0.15, 0.2) is 5.69 Å². The largest absolute Gasteiger partial charge is 0.496 e. The zero-order valence-corrected chi connectivity index (χ0v) is 13.3. The van der Waals surface area contributed by atoms with E-state index in [4.69, 9.17) is 4.74 Å². The fourth-order valence-corrected chi connectivity index (χ4v) is 2.33. The number of carbonyl (C=O) groups excluding carboxylic acids is 1. The lowest BCUT2D eigenvalue weighted by Crippen LogP contribution is -2.24. The van der Waals surface area contributed by atoms with Gasteiger partial charge >= 0.3 is 0 Å². The summed E-state index contributed by atoms with van der Waals surface area (Å²) in [6, 6.07) is 20.7. The summed E-state index contributed by atoms with van der Waals surface area (Å²) in [6.45, 7) is 0.366. The number of para-hydroxylation sites is 1. The molecule has 0 saturated carbocycles. The molecule has 0 bridgehead atoms. The second kappa shape index (κ2) is 7.37. The fourth-order valence-electron chi connectivity index (χ4n) is 2.33. The number of amides is 1. The number of nitrogens with one attached hydrogen (secondary N) is 1. The van der Waals surface area contributed by atoms with Crippen LogP contribution in [0.5, 0.6) is 5.75 Å². The summed E-state index contributed by atoms with van der Waals surface area (Å²) in [7, 11) is 1.61. The van der Waals surface area contributed by atoms with Crippen molar-refractivity contribution in [2.45, 2.75) is 6.54 Å². The summed E-state index contributed by atoms with van der Waals surface area (Å²) >= 11 is 0. The summed E-state index contributed by atoms with van der Waals surface area (Å²) in [5, 5.41) is 11.0. The molecule has 24 heavy (non-hydrogen) atoms. The van der Waals surface area contributed by atoms with Crippen molar-refractivity contribution in [3.8, 4) is 17.0 Å². The summed E-state index contributed by atoms with van der Waals surface area (Å²) in [4.78, 5) is 12.2. The van der Waals surface area contributed by atoms with E-state index in [1.54, 1.807) is 19.2 Å². The molecule has 1 aromatic heterocycles. The highest BCUT2D eigenvalue weighted by Crippen LogP contribution is 2.17. The Labute approximate surface area is 140 Å². The van der Waals surface area contributed by atoms with E-state index in [1.807, 2.05) is 54.6 Å². The Kier molecular flexibility index (Phi) is 4.81. The second-order valence-corrected chi connectivity index (χ2v) is 5.16. The van der Waals surface area contributed by atoms with Crippen molar-refractivity contribution >= 4 is 5.91 Å². The molecule has 3 aromatic rings. The van der Waals surface area contributed by atoms with Gasteiger partial charge in [0.1, 0.15) is 5.75 Å². The van der Waals surface area contributed by atoms with Crippen LogP contribution in [0.25, 0.3) is 11.3 Å². The lowest BCUT2D eigenvalue weighted by atomic mass is 10.1. The maximum absolute atomic E-state index is 12.2. The van der Waals surface area contributed by atoms with Gasteiger partial charge in [-0.15, -0.1) is 10.2 Å². The van der Waals surface area contributed by atoms with Crippen LogP contribution in [0.2, 0.25) is 0 Å². The number of aromatic nitrogens is 2. The molecule has 120 valence electrons. The Morgan fingerprint density at radius 2 is 1.71 bits per heavy atom. The molecule has 5 heteroatoms. The average molecular weight is 319 g/mol. The first-order valence-electron chi connectivity index (χ1n) is 7.57. The van der Waals surface area contributed by atoms with Gasteiger partial charge in [0.25, 0.3) is 5.91 Å². The van der Waals surface area contributed by atoms with Gasteiger partial charge in [-0.1, -0.05) is 48.5 Å². The minimum Gasteiger partial charge on any atom is -0.496 e. The SMILES string of the molecule is COc1ccccc1CNC(=O)c1ccc(-c2ccccc2)nn1. The fraction of sp³-hybridized carbons (Fsp3) is 0.105. The molecular formula is C19H17N3O2. The van der Waals surface area contributed by atoms with E-state index in [0.717, 1.165) is 22.6 Å². The Morgan fingerprint density at radius 3 is 2.42 bits per heavy atom. The molecule has 0 saturated heterocycles. The number of ether oxygens (including phenoxy) is 1. The monoisotopic (exact) mass is 319 g/mol. The Hall–Kier alpha value is -3.21. The molecule has 0 aliphatic carbocycles. The molecule has 0 aliphatic rings. The molecule has 1 heterocycles. The van der Waals surface area contributed by atoms with Crippen molar-refractivity contribution in [3.05, 3.63) is 78.0 Å². The first-order valence-corrected chi connectivity index (χ1v) is 7.57. The van der Waals surface area contributed by atoms with Crippen LogP contribution in [0.15, 0.2) is 66.7 Å². The summed E-state index contributed by atoms with van der Waals surface area (Å²) in [6.07, 6.45) is 0. The summed E-state index contributed by atoms with van der Waals surface area (Å²) in [5.74, 6) is 0.469. The molecule has 0 atom stereocenters. The average Bonchev–Trinajstić information content (AvgIpc) is 2.67. The van der Waals surface area contributed by atoms with E-state index in [9.17, 15) is 4.79 Å². The van der Waals surface area contributed by atoms with Crippen LogP contribution in [0.3, 0.4) is 0 Å². The van der Waals surface area contributed by atoms with E-state index in [0.29, 0.717) is 6.54 Å².